The van der Waals surface area contributed by atoms with Crippen LogP contribution in [0.5, 0.6) is 0 Å². The summed E-state index contributed by atoms with van der Waals surface area (Å²) in [6, 6.07) is 0.740. The number of unbranched alkanes of at least 4 members (excludes halogenated alkanes) is 1. The molecule has 6 unspecified atom stereocenters. The molecule has 4 bridgehead atoms. The molecule has 26 heavy (non-hydrogen) atoms. The van der Waals surface area contributed by atoms with E-state index in [9.17, 15) is 9.59 Å². The summed E-state index contributed by atoms with van der Waals surface area (Å²) in [5.74, 6) is 3.12. The second-order valence-electron chi connectivity index (χ2n) is 9.07. The molecule has 4 aliphatic carbocycles. The number of amides is 4. The molecule has 6 nitrogen and oxygen atoms in total. The zero-order valence-corrected chi connectivity index (χ0v) is 15.8. The molecule has 4 aliphatic rings. The van der Waals surface area contributed by atoms with E-state index < -0.39 is 0 Å². The lowest BCUT2D eigenvalue weighted by atomic mass is 9.95. The number of carbonyl (C=O) groups excluding carboxylic acids is 2. The molecular weight excluding hydrogens is 328 g/mol. The van der Waals surface area contributed by atoms with Gasteiger partial charge in [0.2, 0.25) is 0 Å². The van der Waals surface area contributed by atoms with Gasteiger partial charge in [-0.3, -0.25) is 0 Å². The van der Waals surface area contributed by atoms with Gasteiger partial charge in [0.15, 0.2) is 0 Å². The lowest BCUT2D eigenvalue weighted by molar-refractivity contribution is 0.228. The van der Waals surface area contributed by atoms with Gasteiger partial charge in [0.05, 0.1) is 0 Å². The van der Waals surface area contributed by atoms with E-state index in [1.165, 1.54) is 51.4 Å². The smallest absolute Gasteiger partial charge is 0.315 e. The first kappa shape index (κ1) is 17.9. The Bertz CT molecular complexity index is 480. The van der Waals surface area contributed by atoms with E-state index >= 15 is 0 Å². The Kier molecular flexibility index (Phi) is 5.55. The molecule has 146 valence electrons. The Morgan fingerprint density at radius 1 is 0.654 bits per heavy atom. The molecule has 6 atom stereocenters. The number of hydrogen-bond acceptors (Lipinski definition) is 2. The predicted molar refractivity (Wildman–Crippen MR) is 101 cm³/mol. The Labute approximate surface area is 156 Å². The summed E-state index contributed by atoms with van der Waals surface area (Å²) in [4.78, 5) is 23.9. The lowest BCUT2D eigenvalue weighted by Gasteiger charge is -2.23. The van der Waals surface area contributed by atoms with Gasteiger partial charge in [-0.2, -0.15) is 0 Å². The Balaban J connectivity index is 1.01. The molecule has 0 radical (unpaired) electrons. The fraction of sp³-hybridized carbons (Fsp3) is 0.900. The van der Waals surface area contributed by atoms with Crippen molar-refractivity contribution in [3.8, 4) is 0 Å². The lowest BCUT2D eigenvalue weighted by Crippen LogP contribution is -2.45. The van der Waals surface area contributed by atoms with Gasteiger partial charge in [-0.25, -0.2) is 9.59 Å². The molecule has 4 saturated carbocycles. The molecule has 0 aromatic heterocycles. The zero-order chi connectivity index (χ0) is 17.9. The number of carbonyl (C=O) groups is 2. The molecule has 0 spiro atoms. The van der Waals surface area contributed by atoms with Gasteiger partial charge < -0.3 is 21.3 Å². The summed E-state index contributed by atoms with van der Waals surface area (Å²) in [7, 11) is 0. The number of rotatable bonds is 7. The van der Waals surface area contributed by atoms with Gasteiger partial charge in [-0.05, 0) is 75.0 Å². The molecule has 0 aliphatic heterocycles. The van der Waals surface area contributed by atoms with Crippen LogP contribution in [-0.2, 0) is 0 Å². The van der Waals surface area contributed by atoms with Gasteiger partial charge >= 0.3 is 12.1 Å². The Morgan fingerprint density at radius 3 is 1.46 bits per heavy atom. The second-order valence-corrected chi connectivity index (χ2v) is 9.07. The molecule has 4 N–H and O–H groups in total. The van der Waals surface area contributed by atoms with Crippen LogP contribution in [0.3, 0.4) is 0 Å². The van der Waals surface area contributed by atoms with Crippen molar-refractivity contribution in [1.29, 1.82) is 0 Å². The predicted octanol–water partition coefficient (Wildman–Crippen LogP) is 2.74. The highest BCUT2D eigenvalue weighted by molar-refractivity contribution is 5.74. The van der Waals surface area contributed by atoms with Crippen LogP contribution in [0.25, 0.3) is 0 Å². The minimum absolute atomic E-state index is 0.0236. The number of fused-ring (bicyclic) bond motifs is 4. The zero-order valence-electron chi connectivity index (χ0n) is 15.8. The van der Waals surface area contributed by atoms with Crippen molar-refractivity contribution < 1.29 is 9.59 Å². The normalized spacial score (nSPS) is 36.9. The maximum absolute atomic E-state index is 12.0. The first-order chi connectivity index (χ1) is 12.7. The van der Waals surface area contributed by atoms with Crippen LogP contribution < -0.4 is 21.3 Å². The maximum atomic E-state index is 12.0. The van der Waals surface area contributed by atoms with E-state index in [0.29, 0.717) is 37.0 Å². The first-order valence-electron chi connectivity index (χ1n) is 10.8. The molecule has 0 aromatic carbocycles. The highest BCUT2D eigenvalue weighted by Gasteiger charge is 2.40. The standard InChI is InChI=1S/C20H34N4O2/c25-19(23-17-11-13-3-5-15(17)9-13)21-7-1-2-8-22-20(26)24-18-12-14-4-6-16(18)10-14/h13-18H,1-12H2,(H2,21,23,25)(H2,22,24,26). The van der Waals surface area contributed by atoms with Gasteiger partial charge in [0.1, 0.15) is 0 Å². The summed E-state index contributed by atoms with van der Waals surface area (Å²) in [6.07, 6.45) is 12.0. The van der Waals surface area contributed by atoms with Crippen LogP contribution in [0.2, 0.25) is 0 Å². The molecule has 0 heterocycles. The minimum Gasteiger partial charge on any atom is -0.338 e. The Hall–Kier alpha value is -1.46. The van der Waals surface area contributed by atoms with Crippen molar-refractivity contribution in [2.45, 2.75) is 76.3 Å². The van der Waals surface area contributed by atoms with Crippen molar-refractivity contribution in [1.82, 2.24) is 21.3 Å². The molecule has 4 amide bonds. The molecule has 6 heteroatoms. The summed E-state index contributed by atoms with van der Waals surface area (Å²) >= 11 is 0. The van der Waals surface area contributed by atoms with Crippen LogP contribution in [-0.4, -0.2) is 37.2 Å². The van der Waals surface area contributed by atoms with Gasteiger partial charge in [0.25, 0.3) is 0 Å². The summed E-state index contributed by atoms with van der Waals surface area (Å²) in [5.41, 5.74) is 0. The first-order valence-corrected chi connectivity index (χ1v) is 10.8. The van der Waals surface area contributed by atoms with E-state index in [0.717, 1.165) is 24.7 Å². The van der Waals surface area contributed by atoms with E-state index in [2.05, 4.69) is 21.3 Å². The summed E-state index contributed by atoms with van der Waals surface area (Å²) in [6.45, 7) is 1.34. The Morgan fingerprint density at radius 2 is 1.12 bits per heavy atom. The van der Waals surface area contributed by atoms with Crippen molar-refractivity contribution >= 4 is 12.1 Å². The third-order valence-electron chi connectivity index (χ3n) is 7.28. The summed E-state index contributed by atoms with van der Waals surface area (Å²) < 4.78 is 0. The maximum Gasteiger partial charge on any atom is 0.315 e. The number of urea groups is 2. The summed E-state index contributed by atoms with van der Waals surface area (Å²) in [5, 5.41) is 12.2. The number of hydrogen-bond donors (Lipinski definition) is 4. The highest BCUT2D eigenvalue weighted by Crippen LogP contribution is 2.45. The van der Waals surface area contributed by atoms with E-state index in [4.69, 9.17) is 0 Å². The van der Waals surface area contributed by atoms with E-state index in [-0.39, 0.29) is 12.1 Å². The van der Waals surface area contributed by atoms with Crippen LogP contribution in [0.1, 0.15) is 64.2 Å². The van der Waals surface area contributed by atoms with Crippen LogP contribution >= 0.6 is 0 Å². The van der Waals surface area contributed by atoms with Crippen molar-refractivity contribution in [2.24, 2.45) is 23.7 Å². The fourth-order valence-electron chi connectivity index (χ4n) is 5.94. The van der Waals surface area contributed by atoms with Crippen molar-refractivity contribution in [2.75, 3.05) is 13.1 Å². The molecule has 4 fully saturated rings. The monoisotopic (exact) mass is 362 g/mol. The average molecular weight is 363 g/mol. The van der Waals surface area contributed by atoms with E-state index in [1.807, 2.05) is 0 Å². The molecular formula is C20H34N4O2. The van der Waals surface area contributed by atoms with Crippen molar-refractivity contribution in [3.05, 3.63) is 0 Å². The average Bonchev–Trinajstić information content (AvgIpc) is 3.38. The highest BCUT2D eigenvalue weighted by atomic mass is 16.2. The van der Waals surface area contributed by atoms with Gasteiger partial charge in [-0.1, -0.05) is 12.8 Å². The second kappa shape index (κ2) is 8.05. The van der Waals surface area contributed by atoms with Crippen LogP contribution in [0.4, 0.5) is 9.59 Å². The third-order valence-corrected chi connectivity index (χ3v) is 7.28. The third kappa shape index (κ3) is 4.26. The van der Waals surface area contributed by atoms with Gasteiger partial charge in [-0.15, -0.1) is 0 Å². The van der Waals surface area contributed by atoms with Gasteiger partial charge in [0, 0.05) is 25.2 Å². The van der Waals surface area contributed by atoms with Crippen LogP contribution in [0.15, 0.2) is 0 Å². The number of nitrogens with one attached hydrogen (secondary N) is 4. The molecule has 4 rings (SSSR count). The largest absolute Gasteiger partial charge is 0.338 e. The topological polar surface area (TPSA) is 82.3 Å². The molecule has 0 aromatic rings. The fourth-order valence-corrected chi connectivity index (χ4v) is 5.94. The SMILES string of the molecule is O=C(NCCCCNC(=O)NC1CC2CCC1C2)NC1CC2CCC1C2. The van der Waals surface area contributed by atoms with E-state index in [1.54, 1.807) is 0 Å². The minimum atomic E-state index is -0.0236. The van der Waals surface area contributed by atoms with Crippen molar-refractivity contribution in [3.63, 3.8) is 0 Å². The molecule has 0 saturated heterocycles. The van der Waals surface area contributed by atoms with Crippen LogP contribution in [0, 0.1) is 23.7 Å². The quantitative estimate of drug-likeness (QED) is 0.525.